The third-order valence-corrected chi connectivity index (χ3v) is 3.20. The number of hydrogen-bond acceptors (Lipinski definition) is 5. The van der Waals surface area contributed by atoms with Crippen molar-refractivity contribution < 1.29 is 4.74 Å². The number of aromatic nitrogens is 2. The maximum Gasteiger partial charge on any atom is 0.144 e. The van der Waals surface area contributed by atoms with E-state index in [1.54, 1.807) is 13.3 Å². The van der Waals surface area contributed by atoms with Crippen molar-refractivity contribution in [3.8, 4) is 5.75 Å². The average Bonchev–Trinajstić information content (AvgIpc) is 2.45. The summed E-state index contributed by atoms with van der Waals surface area (Å²) in [7, 11) is 1.65. The molecule has 2 rings (SSSR count). The fourth-order valence-corrected chi connectivity index (χ4v) is 2.20. The second-order valence-corrected chi connectivity index (χ2v) is 4.74. The Labute approximate surface area is 120 Å². The maximum atomic E-state index is 5.50. The van der Waals surface area contributed by atoms with Crippen LogP contribution in [0.25, 0.3) is 0 Å². The zero-order valence-electron chi connectivity index (χ0n) is 10.6. The van der Waals surface area contributed by atoms with Gasteiger partial charge in [-0.2, -0.15) is 0 Å². The topological polar surface area (TPSA) is 73.1 Å². The van der Waals surface area contributed by atoms with Gasteiger partial charge in [0, 0.05) is 12.7 Å². The van der Waals surface area contributed by atoms with Gasteiger partial charge in [-0.1, -0.05) is 6.07 Å². The minimum atomic E-state index is 0.337. The minimum absolute atomic E-state index is 0.337. The number of benzene rings is 1. The summed E-state index contributed by atoms with van der Waals surface area (Å²) in [4.78, 5) is 8.33. The molecule has 1 heterocycles. The molecule has 0 unspecified atom stereocenters. The third kappa shape index (κ3) is 3.65. The lowest BCUT2D eigenvalue weighted by molar-refractivity contribution is 0.412. The van der Waals surface area contributed by atoms with Crippen LogP contribution in [0, 0.1) is 0 Å². The lowest BCUT2D eigenvalue weighted by Gasteiger charge is -2.08. The molecule has 2 aromatic rings. The van der Waals surface area contributed by atoms with Crippen LogP contribution in [0.4, 0.5) is 5.82 Å². The molecule has 5 nitrogen and oxygen atoms in total. The van der Waals surface area contributed by atoms with Crippen LogP contribution in [0.5, 0.6) is 5.75 Å². The van der Waals surface area contributed by atoms with Crippen LogP contribution in [0.1, 0.15) is 11.4 Å². The molecule has 3 N–H and O–H groups in total. The molecule has 19 heavy (non-hydrogen) atoms. The highest BCUT2D eigenvalue weighted by molar-refractivity contribution is 9.10. The van der Waals surface area contributed by atoms with Crippen LogP contribution in [-0.4, -0.2) is 17.1 Å². The van der Waals surface area contributed by atoms with Gasteiger partial charge in [0.1, 0.15) is 17.4 Å². The van der Waals surface area contributed by atoms with Gasteiger partial charge in [0.15, 0.2) is 0 Å². The summed E-state index contributed by atoms with van der Waals surface area (Å²) in [6.07, 6.45) is 1.70. The summed E-state index contributed by atoms with van der Waals surface area (Å²) in [6.45, 7) is 1.01. The second kappa shape index (κ2) is 6.49. The van der Waals surface area contributed by atoms with Gasteiger partial charge < -0.3 is 15.8 Å². The molecule has 0 aliphatic rings. The zero-order valence-corrected chi connectivity index (χ0v) is 12.1. The van der Waals surface area contributed by atoms with E-state index in [9.17, 15) is 0 Å². The van der Waals surface area contributed by atoms with Gasteiger partial charge in [-0.15, -0.1) is 0 Å². The third-order valence-electron chi connectivity index (χ3n) is 2.58. The summed E-state index contributed by atoms with van der Waals surface area (Å²) in [5.74, 6) is 2.21. The lowest BCUT2D eigenvalue weighted by Crippen LogP contribution is -2.07. The fraction of sp³-hybridized carbons (Fsp3) is 0.231. The summed E-state index contributed by atoms with van der Waals surface area (Å²) < 4.78 is 6.12. The van der Waals surface area contributed by atoms with E-state index in [2.05, 4.69) is 31.2 Å². The highest BCUT2D eigenvalue weighted by Gasteiger charge is 2.02. The molecule has 0 aliphatic carbocycles. The Morgan fingerprint density at radius 2 is 2.21 bits per heavy atom. The summed E-state index contributed by atoms with van der Waals surface area (Å²) in [5.41, 5.74) is 6.63. The van der Waals surface area contributed by atoms with Crippen molar-refractivity contribution in [3.63, 3.8) is 0 Å². The molecule has 0 aliphatic heterocycles. The Hall–Kier alpha value is -1.66. The van der Waals surface area contributed by atoms with Crippen molar-refractivity contribution in [1.29, 1.82) is 0 Å². The van der Waals surface area contributed by atoms with E-state index in [1.807, 2.05) is 24.3 Å². The molecule has 0 bridgehead atoms. The number of halogens is 1. The van der Waals surface area contributed by atoms with Crippen molar-refractivity contribution in [2.24, 2.45) is 5.73 Å². The number of ether oxygens (including phenoxy) is 1. The van der Waals surface area contributed by atoms with Gasteiger partial charge in [-0.25, -0.2) is 9.97 Å². The molecule has 0 saturated heterocycles. The van der Waals surface area contributed by atoms with Crippen molar-refractivity contribution in [3.05, 3.63) is 46.3 Å². The molecule has 1 aromatic carbocycles. The van der Waals surface area contributed by atoms with E-state index < -0.39 is 0 Å². The number of hydrogen-bond donors (Lipinski definition) is 2. The Bertz CT molecular complexity index is 562. The average molecular weight is 323 g/mol. The molecular weight excluding hydrogens is 308 g/mol. The predicted molar refractivity (Wildman–Crippen MR) is 77.9 cm³/mol. The van der Waals surface area contributed by atoms with Crippen LogP contribution >= 0.6 is 15.9 Å². The Morgan fingerprint density at radius 1 is 1.37 bits per heavy atom. The SMILES string of the molecule is COc1ccc(CNc2ccnc(CN)n2)cc1Br. The summed E-state index contributed by atoms with van der Waals surface area (Å²) in [6, 6.07) is 7.75. The van der Waals surface area contributed by atoms with Crippen LogP contribution < -0.4 is 15.8 Å². The number of nitrogens with two attached hydrogens (primary N) is 1. The molecule has 100 valence electrons. The molecule has 0 spiro atoms. The first-order valence-electron chi connectivity index (χ1n) is 5.81. The predicted octanol–water partition coefficient (Wildman–Crippen LogP) is 2.32. The van der Waals surface area contributed by atoms with E-state index in [-0.39, 0.29) is 0 Å². The van der Waals surface area contributed by atoms with Gasteiger partial charge >= 0.3 is 0 Å². The summed E-state index contributed by atoms with van der Waals surface area (Å²) >= 11 is 3.46. The Balaban J connectivity index is 2.03. The zero-order chi connectivity index (χ0) is 13.7. The number of methoxy groups -OCH3 is 1. The highest BCUT2D eigenvalue weighted by Crippen LogP contribution is 2.25. The first-order valence-corrected chi connectivity index (χ1v) is 6.60. The fourth-order valence-electron chi connectivity index (χ4n) is 1.61. The minimum Gasteiger partial charge on any atom is -0.496 e. The number of rotatable bonds is 5. The van der Waals surface area contributed by atoms with E-state index >= 15 is 0 Å². The molecule has 0 atom stereocenters. The van der Waals surface area contributed by atoms with Gasteiger partial charge in [-0.3, -0.25) is 0 Å². The van der Waals surface area contributed by atoms with E-state index in [0.29, 0.717) is 18.9 Å². The van der Waals surface area contributed by atoms with Crippen molar-refractivity contribution in [2.45, 2.75) is 13.1 Å². The Kier molecular flexibility index (Phi) is 4.70. The number of anilines is 1. The molecule has 0 radical (unpaired) electrons. The van der Waals surface area contributed by atoms with Gasteiger partial charge in [0.25, 0.3) is 0 Å². The highest BCUT2D eigenvalue weighted by atomic mass is 79.9. The molecule has 0 fully saturated rings. The smallest absolute Gasteiger partial charge is 0.144 e. The lowest BCUT2D eigenvalue weighted by atomic mass is 10.2. The molecular formula is C13H15BrN4O. The first-order chi connectivity index (χ1) is 9.22. The molecule has 1 aromatic heterocycles. The van der Waals surface area contributed by atoms with Gasteiger partial charge in [-0.05, 0) is 39.7 Å². The number of nitrogens with zero attached hydrogens (tertiary/aromatic N) is 2. The normalized spacial score (nSPS) is 10.3. The van der Waals surface area contributed by atoms with Crippen LogP contribution in [0.15, 0.2) is 34.9 Å². The second-order valence-electron chi connectivity index (χ2n) is 3.88. The van der Waals surface area contributed by atoms with E-state index in [0.717, 1.165) is 21.6 Å². The van der Waals surface area contributed by atoms with Crippen LogP contribution in [-0.2, 0) is 13.1 Å². The van der Waals surface area contributed by atoms with E-state index in [1.165, 1.54) is 0 Å². The number of nitrogens with one attached hydrogen (secondary N) is 1. The maximum absolute atomic E-state index is 5.50. The van der Waals surface area contributed by atoms with Crippen molar-refractivity contribution in [2.75, 3.05) is 12.4 Å². The first kappa shape index (κ1) is 13.8. The van der Waals surface area contributed by atoms with Crippen molar-refractivity contribution in [1.82, 2.24) is 9.97 Å². The van der Waals surface area contributed by atoms with Crippen molar-refractivity contribution >= 4 is 21.7 Å². The van der Waals surface area contributed by atoms with E-state index in [4.69, 9.17) is 10.5 Å². The Morgan fingerprint density at radius 3 is 2.89 bits per heavy atom. The molecule has 0 amide bonds. The molecule has 0 saturated carbocycles. The van der Waals surface area contributed by atoms with Gasteiger partial charge in [0.05, 0.1) is 18.1 Å². The largest absolute Gasteiger partial charge is 0.496 e. The van der Waals surface area contributed by atoms with Crippen LogP contribution in [0.2, 0.25) is 0 Å². The monoisotopic (exact) mass is 322 g/mol. The quantitative estimate of drug-likeness (QED) is 0.883. The standard InChI is InChI=1S/C13H15BrN4O/c1-19-11-3-2-9(6-10(11)14)8-17-12-4-5-16-13(7-15)18-12/h2-6H,7-8,15H2,1H3,(H,16,17,18). The molecule has 6 heteroatoms. The van der Waals surface area contributed by atoms with Crippen LogP contribution in [0.3, 0.4) is 0 Å². The van der Waals surface area contributed by atoms with Gasteiger partial charge in [0.2, 0.25) is 0 Å². The summed E-state index contributed by atoms with van der Waals surface area (Å²) in [5, 5.41) is 3.23.